The van der Waals surface area contributed by atoms with Crippen molar-refractivity contribution in [1.82, 2.24) is 4.90 Å². The van der Waals surface area contributed by atoms with Crippen molar-refractivity contribution in [1.29, 1.82) is 0 Å². The van der Waals surface area contributed by atoms with Gasteiger partial charge in [0, 0.05) is 18.0 Å². The van der Waals surface area contributed by atoms with Crippen molar-refractivity contribution < 1.29 is 24.2 Å². The predicted octanol–water partition coefficient (Wildman–Crippen LogP) is 4.06. The smallest absolute Gasteiger partial charge is 0.290 e. The van der Waals surface area contributed by atoms with E-state index in [1.54, 1.807) is 14.2 Å². The zero-order valence-electron chi connectivity index (χ0n) is 18.3. The average Bonchev–Trinajstić information content (AvgIpc) is 3.09. The molecule has 0 amide bonds. The van der Waals surface area contributed by atoms with Crippen LogP contribution in [0.1, 0.15) is 40.7 Å². The minimum Gasteiger partial charge on any atom is -0.493 e. The van der Waals surface area contributed by atoms with Crippen molar-refractivity contribution in [2.24, 2.45) is 11.8 Å². The van der Waals surface area contributed by atoms with E-state index >= 15 is 0 Å². The quantitative estimate of drug-likeness (QED) is 0.704. The maximum absolute atomic E-state index is 12.9. The zero-order valence-corrected chi connectivity index (χ0v) is 18.3. The Kier molecular flexibility index (Phi) is 8.06. The second-order valence-electron chi connectivity index (χ2n) is 8.18. The van der Waals surface area contributed by atoms with Gasteiger partial charge < -0.3 is 14.6 Å². The molecule has 2 aromatic rings. The van der Waals surface area contributed by atoms with Crippen LogP contribution in [0, 0.1) is 11.8 Å². The number of carboxylic acid groups (broad SMARTS) is 1. The van der Waals surface area contributed by atoms with E-state index < -0.39 is 0 Å². The minimum absolute atomic E-state index is 0.109. The summed E-state index contributed by atoms with van der Waals surface area (Å²) in [5.74, 6) is 2.38. The first-order valence-electron chi connectivity index (χ1n) is 10.7. The summed E-state index contributed by atoms with van der Waals surface area (Å²) >= 11 is 0. The molecule has 0 radical (unpaired) electrons. The van der Waals surface area contributed by atoms with Crippen LogP contribution in [0.25, 0.3) is 0 Å². The van der Waals surface area contributed by atoms with Crippen LogP contribution >= 0.6 is 0 Å². The highest BCUT2D eigenvalue weighted by atomic mass is 16.5. The number of piperidine rings is 1. The molecule has 1 atom stereocenters. The maximum atomic E-state index is 12.9. The van der Waals surface area contributed by atoms with Gasteiger partial charge in [0.05, 0.1) is 14.2 Å². The molecule has 1 fully saturated rings. The molecular formula is C25H31NO5. The highest BCUT2D eigenvalue weighted by molar-refractivity contribution is 6.02. The fourth-order valence-corrected chi connectivity index (χ4v) is 4.71. The molecule has 6 nitrogen and oxygen atoms in total. The Hall–Kier alpha value is -2.86. The average molecular weight is 426 g/mol. The number of ketones is 1. The topological polar surface area (TPSA) is 76.1 Å². The summed E-state index contributed by atoms with van der Waals surface area (Å²) in [5, 5.41) is 6.89. The molecule has 166 valence electrons. The van der Waals surface area contributed by atoms with E-state index in [9.17, 15) is 4.79 Å². The Morgan fingerprint density at radius 2 is 1.68 bits per heavy atom. The summed E-state index contributed by atoms with van der Waals surface area (Å²) in [6.45, 7) is 3.02. The maximum Gasteiger partial charge on any atom is 0.290 e. The third-order valence-electron chi connectivity index (χ3n) is 6.29. The molecular weight excluding hydrogens is 394 g/mol. The van der Waals surface area contributed by atoms with Crippen molar-refractivity contribution in [3.8, 4) is 11.5 Å². The van der Waals surface area contributed by atoms with Gasteiger partial charge in [-0.05, 0) is 68.0 Å². The molecule has 4 rings (SSSR count). The summed E-state index contributed by atoms with van der Waals surface area (Å²) < 4.78 is 10.8. The number of ether oxygens (including phenoxy) is 2. The number of fused-ring (bicyclic) bond motifs is 1. The number of benzene rings is 2. The molecule has 0 bridgehead atoms. The molecule has 2 aliphatic rings. The van der Waals surface area contributed by atoms with Gasteiger partial charge in [0.15, 0.2) is 17.3 Å². The van der Waals surface area contributed by atoms with Crippen molar-refractivity contribution in [3.05, 3.63) is 59.2 Å². The van der Waals surface area contributed by atoms with Crippen LogP contribution in [0.2, 0.25) is 0 Å². The number of carbonyl (C=O) groups excluding carboxylic acids is 1. The van der Waals surface area contributed by atoms with Crippen LogP contribution in [-0.2, 0) is 17.8 Å². The number of hydrogen-bond acceptors (Lipinski definition) is 5. The van der Waals surface area contributed by atoms with Gasteiger partial charge in [-0.3, -0.25) is 14.5 Å². The molecule has 0 spiro atoms. The van der Waals surface area contributed by atoms with Gasteiger partial charge in [-0.1, -0.05) is 30.3 Å². The van der Waals surface area contributed by atoms with E-state index in [1.807, 2.05) is 12.1 Å². The Labute approximate surface area is 183 Å². The highest BCUT2D eigenvalue weighted by Crippen LogP contribution is 2.39. The highest BCUT2D eigenvalue weighted by Gasteiger charge is 2.34. The Morgan fingerprint density at radius 1 is 1.06 bits per heavy atom. The van der Waals surface area contributed by atoms with Crippen LogP contribution < -0.4 is 9.47 Å². The summed E-state index contributed by atoms with van der Waals surface area (Å²) in [6.07, 6.45) is 4.19. The Balaban J connectivity index is 0.000000858. The van der Waals surface area contributed by atoms with E-state index in [0.29, 0.717) is 17.4 Å². The van der Waals surface area contributed by atoms with Gasteiger partial charge in [-0.25, -0.2) is 0 Å². The summed E-state index contributed by atoms with van der Waals surface area (Å²) in [7, 11) is 3.26. The lowest BCUT2D eigenvalue weighted by Gasteiger charge is -2.32. The van der Waals surface area contributed by atoms with Crippen molar-refractivity contribution in [3.63, 3.8) is 0 Å². The second kappa shape index (κ2) is 11.0. The zero-order chi connectivity index (χ0) is 22.2. The van der Waals surface area contributed by atoms with Gasteiger partial charge in [-0.15, -0.1) is 0 Å². The lowest BCUT2D eigenvalue weighted by molar-refractivity contribution is -0.122. The largest absolute Gasteiger partial charge is 0.493 e. The van der Waals surface area contributed by atoms with E-state index in [4.69, 9.17) is 19.4 Å². The number of methoxy groups -OCH3 is 2. The summed E-state index contributed by atoms with van der Waals surface area (Å²) in [5.41, 5.74) is 3.31. The normalized spacial score (nSPS) is 18.6. The van der Waals surface area contributed by atoms with Crippen LogP contribution in [0.5, 0.6) is 11.5 Å². The van der Waals surface area contributed by atoms with Crippen molar-refractivity contribution in [2.75, 3.05) is 27.3 Å². The Bertz CT molecular complexity index is 875. The molecule has 0 saturated carbocycles. The van der Waals surface area contributed by atoms with Gasteiger partial charge in [0.1, 0.15) is 0 Å². The lowest BCUT2D eigenvalue weighted by Crippen LogP contribution is -2.34. The fourth-order valence-electron chi connectivity index (χ4n) is 4.71. The third-order valence-corrected chi connectivity index (χ3v) is 6.29. The summed E-state index contributed by atoms with van der Waals surface area (Å²) in [4.78, 5) is 23.8. The molecule has 1 aliphatic carbocycles. The van der Waals surface area contributed by atoms with E-state index in [2.05, 4.69) is 35.2 Å². The number of hydrogen-bond donors (Lipinski definition) is 1. The van der Waals surface area contributed by atoms with Gasteiger partial charge in [-0.2, -0.15) is 0 Å². The SMILES string of the molecule is COc1cc2c(cc1OC)C(=O)C(CC1CCN(Cc3ccccc3)CC1)C2.O=CO. The third kappa shape index (κ3) is 5.64. The van der Waals surface area contributed by atoms with Crippen molar-refractivity contribution in [2.45, 2.75) is 32.2 Å². The second-order valence-corrected chi connectivity index (χ2v) is 8.18. The number of rotatable bonds is 6. The molecule has 2 aromatic carbocycles. The number of Topliss-reactive ketones (excluding diaryl/α,β-unsaturated/α-hetero) is 1. The fraction of sp³-hybridized carbons (Fsp3) is 0.440. The first-order chi connectivity index (χ1) is 15.1. The van der Waals surface area contributed by atoms with Crippen LogP contribution in [-0.4, -0.2) is 49.6 Å². The number of likely N-dealkylation sites (tertiary alicyclic amines) is 1. The van der Waals surface area contributed by atoms with E-state index in [0.717, 1.165) is 43.6 Å². The molecule has 31 heavy (non-hydrogen) atoms. The number of nitrogens with zero attached hydrogens (tertiary/aromatic N) is 1. The molecule has 1 saturated heterocycles. The Morgan fingerprint density at radius 3 is 2.29 bits per heavy atom. The van der Waals surface area contributed by atoms with Crippen LogP contribution in [0.15, 0.2) is 42.5 Å². The standard InChI is InChI=1S/C24H29NO3.CH2O2/c1-27-22-14-19-13-20(24(26)21(19)15-23(22)28-2)12-17-8-10-25(11-9-17)16-18-6-4-3-5-7-18;2-1-3/h3-7,14-15,17,20H,8-13,16H2,1-2H3;1H,(H,2,3). The predicted molar refractivity (Wildman–Crippen MR) is 119 cm³/mol. The number of carbonyl (C=O) groups is 2. The van der Waals surface area contributed by atoms with Crippen molar-refractivity contribution >= 4 is 12.3 Å². The van der Waals surface area contributed by atoms with E-state index in [-0.39, 0.29) is 18.2 Å². The van der Waals surface area contributed by atoms with Gasteiger partial charge in [0.25, 0.3) is 6.47 Å². The molecule has 1 N–H and O–H groups in total. The van der Waals surface area contributed by atoms with Crippen LogP contribution in [0.3, 0.4) is 0 Å². The van der Waals surface area contributed by atoms with Crippen LogP contribution in [0.4, 0.5) is 0 Å². The molecule has 0 aromatic heterocycles. The summed E-state index contributed by atoms with van der Waals surface area (Å²) in [6, 6.07) is 14.5. The first kappa shape index (κ1) is 22.8. The molecule has 1 unspecified atom stereocenters. The molecule has 6 heteroatoms. The monoisotopic (exact) mass is 425 g/mol. The minimum atomic E-state index is -0.250. The van der Waals surface area contributed by atoms with Gasteiger partial charge >= 0.3 is 0 Å². The first-order valence-corrected chi connectivity index (χ1v) is 10.7. The molecule has 1 heterocycles. The van der Waals surface area contributed by atoms with Gasteiger partial charge in [0.2, 0.25) is 0 Å². The molecule has 1 aliphatic heterocycles. The van der Waals surface area contributed by atoms with E-state index in [1.165, 1.54) is 18.4 Å². The lowest BCUT2D eigenvalue weighted by atomic mass is 9.85.